The largest absolute Gasteiger partial charge is 0.450 e. The van der Waals surface area contributed by atoms with Gasteiger partial charge in [-0.15, -0.1) is 0 Å². The molecular formula is C22H34N4O3. The molecule has 7 heteroatoms. The van der Waals surface area contributed by atoms with E-state index in [9.17, 15) is 4.79 Å². The molecule has 1 aliphatic heterocycles. The number of aryl methyl sites for hydroxylation is 1. The predicted molar refractivity (Wildman–Crippen MR) is 114 cm³/mol. The Morgan fingerprint density at radius 3 is 2.83 bits per heavy atom. The van der Waals surface area contributed by atoms with Crippen molar-refractivity contribution in [3.63, 3.8) is 0 Å². The fraction of sp³-hybridized carbons (Fsp3) is 0.636. The van der Waals surface area contributed by atoms with E-state index >= 15 is 0 Å². The number of carbonyl (C=O) groups excluding carboxylic acids is 1. The Morgan fingerprint density at radius 2 is 2.14 bits per heavy atom. The van der Waals surface area contributed by atoms with Crippen molar-refractivity contribution >= 4 is 12.1 Å². The van der Waals surface area contributed by atoms with Gasteiger partial charge in [0.1, 0.15) is 6.10 Å². The lowest BCUT2D eigenvalue weighted by molar-refractivity contribution is -0.00834. The van der Waals surface area contributed by atoms with Gasteiger partial charge in [-0.2, -0.15) is 0 Å². The molecule has 1 aliphatic carbocycles. The minimum Gasteiger partial charge on any atom is -0.450 e. The van der Waals surface area contributed by atoms with Crippen LogP contribution in [0.25, 0.3) is 0 Å². The zero-order valence-corrected chi connectivity index (χ0v) is 17.8. The molecule has 0 aromatic heterocycles. The molecule has 0 bridgehead atoms. The molecule has 2 N–H and O–H groups in total. The number of carbonyl (C=O) groups is 1. The summed E-state index contributed by atoms with van der Waals surface area (Å²) >= 11 is 0. The van der Waals surface area contributed by atoms with Crippen molar-refractivity contribution in [2.24, 2.45) is 10.9 Å². The van der Waals surface area contributed by atoms with E-state index in [0.717, 1.165) is 38.4 Å². The normalized spacial score (nSPS) is 20.9. The fourth-order valence-corrected chi connectivity index (χ4v) is 3.72. The highest BCUT2D eigenvalue weighted by Gasteiger charge is 2.33. The highest BCUT2D eigenvalue weighted by molar-refractivity contribution is 5.80. The third-order valence-electron chi connectivity index (χ3n) is 5.44. The Bertz CT molecular complexity index is 705. The minimum atomic E-state index is -0.351. The van der Waals surface area contributed by atoms with Crippen LogP contribution >= 0.6 is 0 Å². The smallest absolute Gasteiger partial charge is 0.407 e. The summed E-state index contributed by atoms with van der Waals surface area (Å²) in [6.45, 7) is 9.96. The first kappa shape index (κ1) is 21.4. The number of hydrogen-bond acceptors (Lipinski definition) is 4. The summed E-state index contributed by atoms with van der Waals surface area (Å²) in [6, 6.07) is 8.40. The first-order valence-electron chi connectivity index (χ1n) is 10.8. The Kier molecular flexibility index (Phi) is 7.75. The van der Waals surface area contributed by atoms with Crippen molar-refractivity contribution in [1.29, 1.82) is 0 Å². The maximum atomic E-state index is 11.9. The molecular weight excluding hydrogens is 368 g/mol. The maximum absolute atomic E-state index is 11.9. The number of ether oxygens (including phenoxy) is 2. The summed E-state index contributed by atoms with van der Waals surface area (Å²) in [7, 11) is 0. The van der Waals surface area contributed by atoms with Gasteiger partial charge in [0, 0.05) is 13.1 Å². The number of morpholine rings is 1. The van der Waals surface area contributed by atoms with Gasteiger partial charge >= 0.3 is 6.09 Å². The van der Waals surface area contributed by atoms with E-state index in [2.05, 4.69) is 53.6 Å². The molecule has 1 aromatic rings. The van der Waals surface area contributed by atoms with E-state index < -0.39 is 0 Å². The second kappa shape index (κ2) is 10.5. The molecule has 3 rings (SSSR count). The van der Waals surface area contributed by atoms with Crippen molar-refractivity contribution in [2.75, 3.05) is 39.4 Å². The number of amides is 1. The van der Waals surface area contributed by atoms with Gasteiger partial charge in [0.05, 0.1) is 32.3 Å². The molecule has 1 aromatic carbocycles. The van der Waals surface area contributed by atoms with Gasteiger partial charge in [0.25, 0.3) is 0 Å². The van der Waals surface area contributed by atoms with E-state index in [1.807, 2.05) is 6.92 Å². The lowest BCUT2D eigenvalue weighted by Gasteiger charge is -2.36. The molecule has 1 heterocycles. The lowest BCUT2D eigenvalue weighted by atomic mass is 10.0. The molecule has 2 fully saturated rings. The van der Waals surface area contributed by atoms with Crippen LogP contribution in [0.1, 0.15) is 43.9 Å². The zero-order valence-electron chi connectivity index (χ0n) is 17.8. The number of nitrogens with one attached hydrogen (secondary N) is 2. The molecule has 2 atom stereocenters. The molecule has 29 heavy (non-hydrogen) atoms. The van der Waals surface area contributed by atoms with E-state index in [1.165, 1.54) is 11.1 Å². The number of alkyl carbamates (subject to hydrolysis) is 1. The second-order valence-electron chi connectivity index (χ2n) is 7.67. The third kappa shape index (κ3) is 6.10. The minimum absolute atomic E-state index is 0.0240. The van der Waals surface area contributed by atoms with Crippen LogP contribution < -0.4 is 10.6 Å². The number of hydrogen-bond donors (Lipinski definition) is 2. The van der Waals surface area contributed by atoms with Crippen molar-refractivity contribution in [3.05, 3.63) is 35.4 Å². The Labute approximate surface area is 173 Å². The summed E-state index contributed by atoms with van der Waals surface area (Å²) in [5, 5.41) is 6.39. The van der Waals surface area contributed by atoms with Crippen LogP contribution in [-0.4, -0.2) is 62.4 Å². The number of benzene rings is 1. The van der Waals surface area contributed by atoms with Crippen LogP contribution in [-0.2, 0) is 9.47 Å². The van der Waals surface area contributed by atoms with Crippen molar-refractivity contribution in [2.45, 2.75) is 45.8 Å². The van der Waals surface area contributed by atoms with Crippen LogP contribution in [0.4, 0.5) is 4.79 Å². The Balaban J connectivity index is 1.67. The predicted octanol–water partition coefficient (Wildman–Crippen LogP) is 2.86. The van der Waals surface area contributed by atoms with Crippen molar-refractivity contribution in [1.82, 2.24) is 15.5 Å². The first-order valence-corrected chi connectivity index (χ1v) is 10.8. The summed E-state index contributed by atoms with van der Waals surface area (Å²) < 4.78 is 11.1. The average Bonchev–Trinajstić information content (AvgIpc) is 3.56. The zero-order chi connectivity index (χ0) is 20.6. The third-order valence-corrected chi connectivity index (χ3v) is 5.44. The number of nitrogens with zero attached hydrogens (tertiary/aromatic N) is 2. The topological polar surface area (TPSA) is 75.2 Å². The highest BCUT2D eigenvalue weighted by atomic mass is 16.5. The maximum Gasteiger partial charge on any atom is 0.407 e. The van der Waals surface area contributed by atoms with E-state index in [1.54, 1.807) is 0 Å². The first-order chi connectivity index (χ1) is 14.1. The summed E-state index contributed by atoms with van der Waals surface area (Å²) in [4.78, 5) is 19.0. The van der Waals surface area contributed by atoms with E-state index in [0.29, 0.717) is 25.7 Å². The number of rotatable bonds is 7. The van der Waals surface area contributed by atoms with Crippen LogP contribution in [0, 0.1) is 12.8 Å². The fourth-order valence-electron chi connectivity index (χ4n) is 3.72. The average molecular weight is 403 g/mol. The van der Waals surface area contributed by atoms with Gasteiger partial charge in [0.15, 0.2) is 5.96 Å². The van der Waals surface area contributed by atoms with Gasteiger partial charge in [-0.05, 0) is 50.7 Å². The Morgan fingerprint density at radius 1 is 1.34 bits per heavy atom. The molecule has 7 nitrogen and oxygen atoms in total. The van der Waals surface area contributed by atoms with Crippen LogP contribution in [0.3, 0.4) is 0 Å². The molecule has 2 unspecified atom stereocenters. The monoisotopic (exact) mass is 402 g/mol. The second-order valence-corrected chi connectivity index (χ2v) is 7.67. The SMILES string of the molecule is CCNC(=NCC(NC(=O)OCC)C1CC1)N1CCOC(c2ccccc2C)C1. The molecule has 1 amide bonds. The van der Waals surface area contributed by atoms with Crippen LogP contribution in [0.15, 0.2) is 29.3 Å². The standard InChI is InChI=1S/C22H34N4O3/c1-4-23-21(24-14-19(17-10-11-17)25-22(27)28-5-2)26-12-13-29-20(15-26)18-9-7-6-8-16(18)3/h6-9,17,19-20H,4-5,10-15H2,1-3H3,(H,23,24)(H,25,27). The molecule has 1 saturated heterocycles. The number of guanidine groups is 1. The van der Waals surface area contributed by atoms with E-state index in [4.69, 9.17) is 14.5 Å². The van der Waals surface area contributed by atoms with Crippen LogP contribution in [0.2, 0.25) is 0 Å². The van der Waals surface area contributed by atoms with Gasteiger partial charge < -0.3 is 25.0 Å². The molecule has 160 valence electrons. The highest BCUT2D eigenvalue weighted by Crippen LogP contribution is 2.33. The molecule has 2 aliphatic rings. The summed E-state index contributed by atoms with van der Waals surface area (Å²) in [5.41, 5.74) is 2.47. The van der Waals surface area contributed by atoms with Gasteiger partial charge in [-0.3, -0.25) is 4.99 Å². The quantitative estimate of drug-likeness (QED) is 0.542. The molecule has 0 radical (unpaired) electrons. The summed E-state index contributed by atoms with van der Waals surface area (Å²) in [5.74, 6) is 1.38. The molecule has 0 spiro atoms. The number of aliphatic imine (C=N–C) groups is 1. The molecule has 1 saturated carbocycles. The summed E-state index contributed by atoms with van der Waals surface area (Å²) in [6.07, 6.45) is 1.95. The van der Waals surface area contributed by atoms with Crippen molar-refractivity contribution < 1.29 is 14.3 Å². The van der Waals surface area contributed by atoms with Crippen LogP contribution in [0.5, 0.6) is 0 Å². The lowest BCUT2D eigenvalue weighted by Crippen LogP contribution is -2.49. The van der Waals surface area contributed by atoms with Gasteiger partial charge in [0.2, 0.25) is 0 Å². The van der Waals surface area contributed by atoms with Crippen molar-refractivity contribution in [3.8, 4) is 0 Å². The Hall–Kier alpha value is -2.28. The van der Waals surface area contributed by atoms with Gasteiger partial charge in [-0.25, -0.2) is 4.79 Å². The van der Waals surface area contributed by atoms with Gasteiger partial charge in [-0.1, -0.05) is 24.3 Å². The van der Waals surface area contributed by atoms with E-state index in [-0.39, 0.29) is 18.2 Å².